The second-order valence-corrected chi connectivity index (χ2v) is 13.6. The standard InChI is InChI=1S/C43H40NO6P/c1-34(45)50-41(32-48-43(38-26-14-5-15-27-38,39-28-16-6-17-29-39)40-30-18-7-19-31-40)33-49-51(46,47)44-42(35-20-8-2-9-21-35,36-22-10-3-11-23-36)37-24-12-4-13-25-37/h2-31,41H,32-33H2,1H3,(H2,44,46,47)/t41-/m1/s1. The van der Waals surface area contributed by atoms with Gasteiger partial charge in [-0.3, -0.25) is 9.32 Å². The summed E-state index contributed by atoms with van der Waals surface area (Å²) in [4.78, 5) is 24.0. The molecule has 7 nitrogen and oxygen atoms in total. The van der Waals surface area contributed by atoms with Crippen molar-refractivity contribution in [1.29, 1.82) is 0 Å². The summed E-state index contributed by atoms with van der Waals surface area (Å²) in [5.41, 5.74) is 2.40. The molecule has 2 atom stereocenters. The van der Waals surface area contributed by atoms with Crippen molar-refractivity contribution in [3.05, 3.63) is 215 Å². The molecular formula is C43H40NO6P. The number of nitrogens with one attached hydrogen (secondary N) is 1. The van der Waals surface area contributed by atoms with E-state index < -0.39 is 37.6 Å². The zero-order valence-corrected chi connectivity index (χ0v) is 29.1. The Morgan fingerprint density at radius 3 is 1.20 bits per heavy atom. The van der Waals surface area contributed by atoms with Gasteiger partial charge in [0.1, 0.15) is 17.2 Å². The van der Waals surface area contributed by atoms with Crippen LogP contribution in [-0.4, -0.2) is 30.2 Å². The van der Waals surface area contributed by atoms with Crippen molar-refractivity contribution in [2.24, 2.45) is 0 Å². The van der Waals surface area contributed by atoms with E-state index in [4.69, 9.17) is 14.0 Å². The van der Waals surface area contributed by atoms with E-state index in [2.05, 4.69) is 5.09 Å². The van der Waals surface area contributed by atoms with Gasteiger partial charge in [0.15, 0.2) is 0 Å². The van der Waals surface area contributed by atoms with E-state index in [1.807, 2.05) is 182 Å². The van der Waals surface area contributed by atoms with Crippen LogP contribution in [0.5, 0.6) is 0 Å². The molecule has 0 spiro atoms. The van der Waals surface area contributed by atoms with E-state index >= 15 is 0 Å². The van der Waals surface area contributed by atoms with Gasteiger partial charge in [0, 0.05) is 6.92 Å². The monoisotopic (exact) mass is 697 g/mol. The number of esters is 1. The van der Waals surface area contributed by atoms with Crippen LogP contribution in [0.25, 0.3) is 0 Å². The Morgan fingerprint density at radius 2 is 0.882 bits per heavy atom. The third kappa shape index (κ3) is 8.10. The molecule has 51 heavy (non-hydrogen) atoms. The highest BCUT2D eigenvalue weighted by Gasteiger charge is 2.43. The van der Waals surface area contributed by atoms with Gasteiger partial charge in [-0.1, -0.05) is 182 Å². The first-order valence-electron chi connectivity index (χ1n) is 16.7. The summed E-state index contributed by atoms with van der Waals surface area (Å²) < 4.78 is 32.6. The minimum atomic E-state index is -4.64. The Hall–Kier alpha value is -5.14. The summed E-state index contributed by atoms with van der Waals surface area (Å²) in [6.45, 7) is 0.705. The van der Waals surface area contributed by atoms with Crippen molar-refractivity contribution in [3.63, 3.8) is 0 Å². The van der Waals surface area contributed by atoms with Crippen LogP contribution in [0.2, 0.25) is 0 Å². The van der Waals surface area contributed by atoms with Crippen LogP contribution in [0.4, 0.5) is 0 Å². The average molecular weight is 698 g/mol. The van der Waals surface area contributed by atoms with Gasteiger partial charge in [0.25, 0.3) is 0 Å². The summed E-state index contributed by atoms with van der Waals surface area (Å²) in [6, 6.07) is 57.8. The third-order valence-corrected chi connectivity index (χ3v) is 9.84. The van der Waals surface area contributed by atoms with Crippen LogP contribution < -0.4 is 5.09 Å². The molecule has 258 valence electrons. The van der Waals surface area contributed by atoms with Gasteiger partial charge in [-0.15, -0.1) is 0 Å². The second kappa shape index (κ2) is 16.3. The topological polar surface area (TPSA) is 94.1 Å². The number of hydrogen-bond acceptors (Lipinski definition) is 5. The van der Waals surface area contributed by atoms with Crippen molar-refractivity contribution in [2.75, 3.05) is 13.2 Å². The molecule has 0 fully saturated rings. The molecule has 6 aromatic rings. The molecule has 8 heteroatoms. The van der Waals surface area contributed by atoms with E-state index in [1.54, 1.807) is 0 Å². The molecule has 0 bridgehead atoms. The third-order valence-electron chi connectivity index (χ3n) is 8.72. The summed E-state index contributed by atoms with van der Waals surface area (Å²) in [7, 11) is -4.64. The molecule has 0 saturated heterocycles. The molecular weight excluding hydrogens is 657 g/mol. The molecule has 0 aromatic heterocycles. The van der Waals surface area contributed by atoms with Crippen LogP contribution >= 0.6 is 7.75 Å². The Morgan fingerprint density at radius 1 is 0.569 bits per heavy atom. The predicted molar refractivity (Wildman–Crippen MR) is 199 cm³/mol. The predicted octanol–water partition coefficient (Wildman–Crippen LogP) is 8.63. The normalized spacial score (nSPS) is 13.5. The van der Waals surface area contributed by atoms with Gasteiger partial charge in [-0.25, -0.2) is 9.65 Å². The van der Waals surface area contributed by atoms with E-state index in [0.717, 1.165) is 33.4 Å². The van der Waals surface area contributed by atoms with Crippen molar-refractivity contribution in [2.45, 2.75) is 24.2 Å². The second-order valence-electron chi connectivity index (χ2n) is 12.1. The number of carbonyl (C=O) groups is 1. The number of ether oxygens (including phenoxy) is 2. The van der Waals surface area contributed by atoms with Crippen molar-refractivity contribution in [1.82, 2.24) is 5.09 Å². The van der Waals surface area contributed by atoms with Crippen molar-refractivity contribution >= 4 is 13.7 Å². The zero-order chi connectivity index (χ0) is 35.6. The molecule has 0 aliphatic heterocycles. The summed E-state index contributed by atoms with van der Waals surface area (Å²) in [5.74, 6) is -0.579. The first-order chi connectivity index (χ1) is 24.8. The molecule has 1 unspecified atom stereocenters. The molecule has 0 saturated carbocycles. The fourth-order valence-electron chi connectivity index (χ4n) is 6.52. The molecule has 0 heterocycles. The molecule has 0 radical (unpaired) electrons. The summed E-state index contributed by atoms with van der Waals surface area (Å²) in [6.07, 6.45) is -1.04. The summed E-state index contributed by atoms with van der Waals surface area (Å²) >= 11 is 0. The van der Waals surface area contributed by atoms with Gasteiger partial charge in [-0.2, -0.15) is 0 Å². The van der Waals surface area contributed by atoms with Crippen LogP contribution in [0.1, 0.15) is 40.3 Å². The van der Waals surface area contributed by atoms with E-state index in [9.17, 15) is 14.3 Å². The van der Waals surface area contributed by atoms with Gasteiger partial charge in [-0.05, 0) is 33.4 Å². The van der Waals surface area contributed by atoms with E-state index in [-0.39, 0.29) is 6.61 Å². The molecule has 6 rings (SSSR count). The Bertz CT molecular complexity index is 1820. The van der Waals surface area contributed by atoms with Crippen LogP contribution in [0.15, 0.2) is 182 Å². The van der Waals surface area contributed by atoms with Gasteiger partial charge >= 0.3 is 13.7 Å². The van der Waals surface area contributed by atoms with Crippen LogP contribution in [0, 0.1) is 0 Å². The SMILES string of the molecule is CC(=O)O[C@H](COC(c1ccccc1)(c1ccccc1)c1ccccc1)COP(=O)(O)NC(c1ccccc1)(c1ccccc1)c1ccccc1. The smallest absolute Gasteiger partial charge is 0.404 e. The first kappa shape index (κ1) is 35.7. The Balaban J connectivity index is 1.34. The van der Waals surface area contributed by atoms with Crippen LogP contribution in [0.3, 0.4) is 0 Å². The van der Waals surface area contributed by atoms with Gasteiger partial charge in [0.2, 0.25) is 0 Å². The molecule has 6 aromatic carbocycles. The molecule has 0 aliphatic carbocycles. The Labute approximate surface area is 299 Å². The fraction of sp³-hybridized carbons (Fsp3) is 0.140. The van der Waals surface area contributed by atoms with Crippen molar-refractivity contribution in [3.8, 4) is 0 Å². The average Bonchev–Trinajstić information content (AvgIpc) is 3.18. The number of carbonyl (C=O) groups excluding carboxylic acids is 1. The maximum atomic E-state index is 14.2. The lowest BCUT2D eigenvalue weighted by atomic mass is 9.78. The molecule has 2 N–H and O–H groups in total. The minimum Gasteiger partial charge on any atom is -0.458 e. The molecule has 0 aliphatic rings. The van der Waals surface area contributed by atoms with E-state index in [0.29, 0.717) is 0 Å². The quantitative estimate of drug-likeness (QED) is 0.0631. The number of benzene rings is 6. The highest BCUT2D eigenvalue weighted by atomic mass is 31.2. The molecule has 0 amide bonds. The first-order valence-corrected chi connectivity index (χ1v) is 18.3. The summed E-state index contributed by atoms with van der Waals surface area (Å²) in [5, 5.41) is 3.02. The zero-order valence-electron chi connectivity index (χ0n) is 28.2. The lowest BCUT2D eigenvalue weighted by molar-refractivity contribution is -0.154. The highest BCUT2D eigenvalue weighted by Crippen LogP contribution is 2.48. The van der Waals surface area contributed by atoms with Gasteiger partial charge in [0.05, 0.1) is 13.2 Å². The van der Waals surface area contributed by atoms with Crippen molar-refractivity contribution < 1.29 is 28.3 Å². The maximum Gasteiger partial charge on any atom is 0.404 e. The highest BCUT2D eigenvalue weighted by molar-refractivity contribution is 7.50. The van der Waals surface area contributed by atoms with E-state index in [1.165, 1.54) is 6.92 Å². The lowest BCUT2D eigenvalue weighted by Crippen LogP contribution is -2.43. The van der Waals surface area contributed by atoms with Gasteiger partial charge < -0.3 is 14.4 Å². The minimum absolute atomic E-state index is 0.153. The lowest BCUT2D eigenvalue weighted by Gasteiger charge is -2.38. The largest absolute Gasteiger partial charge is 0.458 e. The number of rotatable bonds is 15. The maximum absolute atomic E-state index is 14.2. The number of hydrogen-bond donors (Lipinski definition) is 2. The Kier molecular flexibility index (Phi) is 11.4. The van der Waals surface area contributed by atoms with Crippen LogP contribution in [-0.2, 0) is 34.5 Å². The fourth-order valence-corrected chi connectivity index (χ4v) is 7.77.